The van der Waals surface area contributed by atoms with Crippen LogP contribution in [0.3, 0.4) is 0 Å². The van der Waals surface area contributed by atoms with Crippen molar-refractivity contribution in [2.45, 2.75) is 32.8 Å². The Morgan fingerprint density at radius 3 is 2.47 bits per heavy atom. The van der Waals surface area contributed by atoms with Crippen molar-refractivity contribution >= 4 is 5.91 Å². The van der Waals surface area contributed by atoms with Crippen molar-refractivity contribution < 1.29 is 13.9 Å². The fourth-order valence-corrected chi connectivity index (χ4v) is 2.25. The van der Waals surface area contributed by atoms with E-state index in [1.54, 1.807) is 6.92 Å². The Morgan fingerprint density at radius 1 is 1.32 bits per heavy atom. The van der Waals surface area contributed by atoms with Crippen LogP contribution in [0.1, 0.15) is 26.7 Å². The first-order valence-corrected chi connectivity index (χ1v) is 6.77. The smallest absolute Gasteiger partial charge is 0.263 e. The lowest BCUT2D eigenvalue weighted by molar-refractivity contribution is -0.139. The molecule has 1 atom stereocenters. The number of halogens is 1. The van der Waals surface area contributed by atoms with E-state index in [2.05, 4.69) is 6.92 Å². The van der Waals surface area contributed by atoms with Gasteiger partial charge in [-0.1, -0.05) is 6.92 Å². The van der Waals surface area contributed by atoms with Crippen LogP contribution in [-0.2, 0) is 4.79 Å². The second-order valence-electron chi connectivity index (χ2n) is 5.22. The van der Waals surface area contributed by atoms with Gasteiger partial charge in [0.1, 0.15) is 11.6 Å². The molecule has 104 valence electrons. The lowest BCUT2D eigenvalue weighted by Crippen LogP contribution is -2.44. The third kappa shape index (κ3) is 3.69. The molecule has 0 unspecified atom stereocenters. The number of ether oxygens (including phenoxy) is 1. The van der Waals surface area contributed by atoms with Crippen LogP contribution in [0, 0.1) is 11.7 Å². The van der Waals surface area contributed by atoms with Gasteiger partial charge in [-0.2, -0.15) is 0 Å². The van der Waals surface area contributed by atoms with E-state index < -0.39 is 6.10 Å². The molecule has 1 saturated heterocycles. The maximum absolute atomic E-state index is 12.8. The van der Waals surface area contributed by atoms with Crippen LogP contribution in [0.25, 0.3) is 0 Å². The van der Waals surface area contributed by atoms with Gasteiger partial charge in [0.15, 0.2) is 6.10 Å². The van der Waals surface area contributed by atoms with Crippen LogP contribution in [0.4, 0.5) is 4.39 Å². The molecule has 1 fully saturated rings. The van der Waals surface area contributed by atoms with E-state index in [-0.39, 0.29) is 11.7 Å². The summed E-state index contributed by atoms with van der Waals surface area (Å²) >= 11 is 0. The third-order valence-corrected chi connectivity index (χ3v) is 3.57. The highest BCUT2D eigenvalue weighted by molar-refractivity contribution is 5.81. The number of hydrogen-bond donors (Lipinski definition) is 0. The fourth-order valence-electron chi connectivity index (χ4n) is 2.25. The zero-order valence-corrected chi connectivity index (χ0v) is 11.4. The van der Waals surface area contributed by atoms with Gasteiger partial charge in [0.2, 0.25) is 0 Å². The van der Waals surface area contributed by atoms with Gasteiger partial charge in [-0.25, -0.2) is 4.39 Å². The highest BCUT2D eigenvalue weighted by Crippen LogP contribution is 2.18. The lowest BCUT2D eigenvalue weighted by Gasteiger charge is -2.32. The number of hydrogen-bond acceptors (Lipinski definition) is 2. The second kappa shape index (κ2) is 6.04. The molecule has 0 aliphatic carbocycles. The molecule has 1 heterocycles. The summed E-state index contributed by atoms with van der Waals surface area (Å²) in [5, 5.41) is 0. The SMILES string of the molecule is CC1CCN(C(=O)[C@@H](C)Oc2ccc(F)cc2)CC1. The average Bonchev–Trinajstić information content (AvgIpc) is 2.41. The summed E-state index contributed by atoms with van der Waals surface area (Å²) in [5.41, 5.74) is 0. The largest absolute Gasteiger partial charge is 0.481 e. The van der Waals surface area contributed by atoms with Gasteiger partial charge in [0.05, 0.1) is 0 Å². The molecule has 3 nitrogen and oxygen atoms in total. The molecule has 4 heteroatoms. The molecule has 0 N–H and O–H groups in total. The van der Waals surface area contributed by atoms with Crippen LogP contribution in [0.15, 0.2) is 24.3 Å². The number of carbonyl (C=O) groups is 1. The van der Waals surface area contributed by atoms with Crippen molar-refractivity contribution in [3.63, 3.8) is 0 Å². The zero-order chi connectivity index (χ0) is 13.8. The summed E-state index contributed by atoms with van der Waals surface area (Å²) in [6, 6.07) is 5.74. The van der Waals surface area contributed by atoms with E-state index in [1.165, 1.54) is 24.3 Å². The molecule has 1 aliphatic rings. The van der Waals surface area contributed by atoms with Crippen LogP contribution in [-0.4, -0.2) is 30.0 Å². The van der Waals surface area contributed by atoms with Crippen molar-refractivity contribution in [1.82, 2.24) is 4.90 Å². The van der Waals surface area contributed by atoms with E-state index in [0.717, 1.165) is 25.9 Å². The van der Waals surface area contributed by atoms with Crippen LogP contribution < -0.4 is 4.74 Å². The summed E-state index contributed by atoms with van der Waals surface area (Å²) < 4.78 is 18.3. The molecule has 2 rings (SSSR count). The molecule has 1 aromatic rings. The lowest BCUT2D eigenvalue weighted by atomic mass is 9.99. The maximum atomic E-state index is 12.8. The normalized spacial score (nSPS) is 18.2. The van der Waals surface area contributed by atoms with Crippen molar-refractivity contribution in [2.75, 3.05) is 13.1 Å². The van der Waals surface area contributed by atoms with Gasteiger partial charge < -0.3 is 9.64 Å². The molecule has 0 aromatic heterocycles. The molecule has 0 bridgehead atoms. The van der Waals surface area contributed by atoms with Crippen molar-refractivity contribution in [2.24, 2.45) is 5.92 Å². The predicted octanol–water partition coefficient (Wildman–Crippen LogP) is 2.85. The van der Waals surface area contributed by atoms with Crippen LogP contribution in [0.2, 0.25) is 0 Å². The Hall–Kier alpha value is -1.58. The van der Waals surface area contributed by atoms with Crippen LogP contribution in [0.5, 0.6) is 5.75 Å². The number of carbonyl (C=O) groups excluding carboxylic acids is 1. The van der Waals surface area contributed by atoms with Gasteiger partial charge in [-0.3, -0.25) is 4.79 Å². The number of rotatable bonds is 3. The summed E-state index contributed by atoms with van der Waals surface area (Å²) in [7, 11) is 0. The van der Waals surface area contributed by atoms with Crippen molar-refractivity contribution in [1.29, 1.82) is 0 Å². The Kier molecular flexibility index (Phi) is 4.40. The van der Waals surface area contributed by atoms with Gasteiger partial charge >= 0.3 is 0 Å². The Bertz CT molecular complexity index is 424. The van der Waals surface area contributed by atoms with Gasteiger partial charge in [0, 0.05) is 13.1 Å². The van der Waals surface area contributed by atoms with Gasteiger partial charge in [0.25, 0.3) is 5.91 Å². The van der Waals surface area contributed by atoms with E-state index >= 15 is 0 Å². The molecule has 1 amide bonds. The Balaban J connectivity index is 1.90. The number of benzene rings is 1. The molecule has 1 aromatic carbocycles. The minimum Gasteiger partial charge on any atom is -0.481 e. The molecule has 0 spiro atoms. The van der Waals surface area contributed by atoms with E-state index in [4.69, 9.17) is 4.74 Å². The van der Waals surface area contributed by atoms with Crippen molar-refractivity contribution in [3.05, 3.63) is 30.1 Å². The molecule has 0 saturated carbocycles. The first-order chi connectivity index (χ1) is 9.06. The first kappa shape index (κ1) is 13.8. The number of nitrogens with zero attached hydrogens (tertiary/aromatic N) is 1. The molecular formula is C15H20FNO2. The summed E-state index contributed by atoms with van der Waals surface area (Å²) in [4.78, 5) is 14.1. The highest BCUT2D eigenvalue weighted by atomic mass is 19.1. The average molecular weight is 265 g/mol. The molecular weight excluding hydrogens is 245 g/mol. The molecule has 19 heavy (non-hydrogen) atoms. The number of likely N-dealkylation sites (tertiary alicyclic amines) is 1. The zero-order valence-electron chi connectivity index (χ0n) is 11.4. The summed E-state index contributed by atoms with van der Waals surface area (Å²) in [6.45, 7) is 5.55. The van der Waals surface area contributed by atoms with Crippen LogP contribution >= 0.6 is 0 Å². The minimum absolute atomic E-state index is 0.0104. The van der Waals surface area contributed by atoms with Gasteiger partial charge in [-0.15, -0.1) is 0 Å². The quantitative estimate of drug-likeness (QED) is 0.841. The highest BCUT2D eigenvalue weighted by Gasteiger charge is 2.25. The number of piperidine rings is 1. The van der Waals surface area contributed by atoms with E-state index in [9.17, 15) is 9.18 Å². The molecule has 0 radical (unpaired) electrons. The minimum atomic E-state index is -0.529. The molecule has 1 aliphatic heterocycles. The maximum Gasteiger partial charge on any atom is 0.263 e. The topological polar surface area (TPSA) is 29.5 Å². The Morgan fingerprint density at radius 2 is 1.89 bits per heavy atom. The first-order valence-electron chi connectivity index (χ1n) is 6.77. The van der Waals surface area contributed by atoms with Gasteiger partial charge in [-0.05, 0) is 49.9 Å². The van der Waals surface area contributed by atoms with E-state index in [0.29, 0.717) is 11.7 Å². The van der Waals surface area contributed by atoms with E-state index in [1.807, 2.05) is 4.90 Å². The predicted molar refractivity (Wildman–Crippen MR) is 71.5 cm³/mol. The Labute approximate surface area is 113 Å². The summed E-state index contributed by atoms with van der Waals surface area (Å²) in [5.74, 6) is 0.914. The number of amides is 1. The van der Waals surface area contributed by atoms with Crippen molar-refractivity contribution in [3.8, 4) is 5.75 Å². The fraction of sp³-hybridized carbons (Fsp3) is 0.533. The second-order valence-corrected chi connectivity index (χ2v) is 5.22. The standard InChI is InChI=1S/C15H20FNO2/c1-11-7-9-17(10-8-11)15(18)12(2)19-14-5-3-13(16)4-6-14/h3-6,11-12H,7-10H2,1-2H3/t12-/m1/s1. The monoisotopic (exact) mass is 265 g/mol. The third-order valence-electron chi connectivity index (χ3n) is 3.57. The summed E-state index contributed by atoms with van der Waals surface area (Å²) in [6.07, 6.45) is 1.57.